The maximum atomic E-state index is 8.60. The van der Waals surface area contributed by atoms with E-state index >= 15 is 0 Å². The largest absolute Gasteiger partial charge is 0.488 e. The molecule has 0 amide bonds. The third-order valence-corrected chi connectivity index (χ3v) is 2.04. The third kappa shape index (κ3) is 2.60. The van der Waals surface area contributed by atoms with Crippen LogP contribution in [0.5, 0.6) is 5.75 Å². The van der Waals surface area contributed by atoms with E-state index in [1.165, 1.54) is 0 Å². The fraction of sp³-hybridized carbons (Fsp3) is 0.100. The number of benzene rings is 1. The first-order chi connectivity index (χ1) is 6.27. The van der Waals surface area contributed by atoms with Gasteiger partial charge in [-0.3, -0.25) is 0 Å². The van der Waals surface area contributed by atoms with Crippen LogP contribution in [0, 0.1) is 11.3 Å². The minimum atomic E-state index is 0.463. The first-order valence-electron chi connectivity index (χ1n) is 3.71. The van der Waals surface area contributed by atoms with E-state index in [4.69, 9.17) is 10.00 Å². The molecule has 2 nitrogen and oxygen atoms in total. The van der Waals surface area contributed by atoms with Crippen LogP contribution in [0.3, 0.4) is 0 Å². The lowest BCUT2D eigenvalue weighted by atomic mass is 10.2. The Kier molecular flexibility index (Phi) is 3.53. The second kappa shape index (κ2) is 4.68. The number of hydrogen-bond donors (Lipinski definition) is 0. The average Bonchev–Trinajstić information content (AvgIpc) is 2.16. The summed E-state index contributed by atoms with van der Waals surface area (Å²) in [5, 5.41) is 8.60. The van der Waals surface area contributed by atoms with Crippen LogP contribution in [-0.4, -0.2) is 6.61 Å². The number of ether oxygens (including phenoxy) is 1. The number of hydrogen-bond acceptors (Lipinski definition) is 2. The lowest BCUT2D eigenvalue weighted by Gasteiger charge is -2.04. The van der Waals surface area contributed by atoms with Crippen molar-refractivity contribution in [2.75, 3.05) is 6.61 Å². The van der Waals surface area contributed by atoms with Gasteiger partial charge in [0.25, 0.3) is 0 Å². The second-order valence-electron chi connectivity index (χ2n) is 2.36. The van der Waals surface area contributed by atoms with Crippen LogP contribution in [0.25, 0.3) is 0 Å². The van der Waals surface area contributed by atoms with E-state index in [0.717, 1.165) is 10.2 Å². The van der Waals surface area contributed by atoms with Gasteiger partial charge in [-0.15, -0.1) is 0 Å². The minimum absolute atomic E-state index is 0.463. The first kappa shape index (κ1) is 9.82. The van der Waals surface area contributed by atoms with Gasteiger partial charge in [0.1, 0.15) is 12.4 Å². The molecule has 0 radical (unpaired) electrons. The van der Waals surface area contributed by atoms with Gasteiger partial charge in [-0.25, -0.2) is 0 Å². The van der Waals surface area contributed by atoms with Crippen LogP contribution in [0.4, 0.5) is 0 Å². The molecule has 13 heavy (non-hydrogen) atoms. The van der Waals surface area contributed by atoms with Crippen molar-refractivity contribution in [3.8, 4) is 11.8 Å². The van der Waals surface area contributed by atoms with Gasteiger partial charge in [-0.2, -0.15) is 5.26 Å². The average molecular weight is 238 g/mol. The summed E-state index contributed by atoms with van der Waals surface area (Å²) in [7, 11) is 0. The molecule has 3 heteroatoms. The predicted molar refractivity (Wildman–Crippen MR) is 54.5 cm³/mol. The van der Waals surface area contributed by atoms with Gasteiger partial charge in [0.15, 0.2) is 0 Å². The summed E-state index contributed by atoms with van der Waals surface area (Å²) in [6.45, 7) is 4.01. The Hall–Kier alpha value is -1.27. The number of nitriles is 1. The SMILES string of the molecule is C=CCOc1ccc(C#N)cc1Br. The van der Waals surface area contributed by atoms with Crippen LogP contribution in [0.2, 0.25) is 0 Å². The third-order valence-electron chi connectivity index (χ3n) is 1.42. The van der Waals surface area contributed by atoms with E-state index in [0.29, 0.717) is 12.2 Å². The van der Waals surface area contributed by atoms with Crippen molar-refractivity contribution < 1.29 is 4.74 Å². The molecule has 1 aromatic carbocycles. The Labute approximate surface area is 85.6 Å². The zero-order chi connectivity index (χ0) is 9.68. The van der Waals surface area contributed by atoms with Crippen LogP contribution >= 0.6 is 15.9 Å². The normalized spacial score (nSPS) is 8.92. The van der Waals surface area contributed by atoms with E-state index in [1.807, 2.05) is 6.07 Å². The Morgan fingerprint density at radius 3 is 2.92 bits per heavy atom. The molecule has 0 aromatic heterocycles. The Bertz CT molecular complexity index is 354. The molecule has 0 bridgehead atoms. The molecule has 0 unspecified atom stereocenters. The zero-order valence-electron chi connectivity index (χ0n) is 6.96. The van der Waals surface area contributed by atoms with Crippen molar-refractivity contribution in [2.45, 2.75) is 0 Å². The molecular formula is C10H8BrNO. The molecule has 0 saturated heterocycles. The Morgan fingerprint density at radius 1 is 1.62 bits per heavy atom. The molecule has 0 spiro atoms. The van der Waals surface area contributed by atoms with Crippen molar-refractivity contribution in [3.05, 3.63) is 40.9 Å². The quantitative estimate of drug-likeness (QED) is 0.758. The summed E-state index contributed by atoms with van der Waals surface area (Å²) in [4.78, 5) is 0. The topological polar surface area (TPSA) is 33.0 Å². The van der Waals surface area contributed by atoms with Gasteiger partial charge >= 0.3 is 0 Å². The maximum Gasteiger partial charge on any atom is 0.134 e. The van der Waals surface area contributed by atoms with E-state index < -0.39 is 0 Å². The number of rotatable bonds is 3. The van der Waals surface area contributed by atoms with Crippen LogP contribution < -0.4 is 4.74 Å². The Morgan fingerprint density at radius 2 is 2.38 bits per heavy atom. The molecule has 0 fully saturated rings. The highest BCUT2D eigenvalue weighted by molar-refractivity contribution is 9.10. The highest BCUT2D eigenvalue weighted by Gasteiger charge is 2.00. The first-order valence-corrected chi connectivity index (χ1v) is 4.50. The van der Waals surface area contributed by atoms with Gasteiger partial charge in [-0.1, -0.05) is 12.7 Å². The van der Waals surface area contributed by atoms with Gasteiger partial charge in [0, 0.05) is 0 Å². The molecule has 0 aliphatic rings. The molecule has 0 aliphatic carbocycles. The molecule has 0 saturated carbocycles. The lowest BCUT2D eigenvalue weighted by molar-refractivity contribution is 0.361. The summed E-state index contributed by atoms with van der Waals surface area (Å²) in [5.74, 6) is 0.721. The molecule has 0 N–H and O–H groups in total. The summed E-state index contributed by atoms with van der Waals surface area (Å²) in [5.41, 5.74) is 0.609. The fourth-order valence-electron chi connectivity index (χ4n) is 0.836. The van der Waals surface area contributed by atoms with Gasteiger partial charge < -0.3 is 4.74 Å². The van der Waals surface area contributed by atoms with Crippen LogP contribution in [0.1, 0.15) is 5.56 Å². The lowest BCUT2D eigenvalue weighted by Crippen LogP contribution is -1.93. The molecule has 0 heterocycles. The van der Waals surface area contributed by atoms with Crippen molar-refractivity contribution in [1.82, 2.24) is 0 Å². The summed E-state index contributed by atoms with van der Waals surface area (Å²) in [6.07, 6.45) is 1.67. The number of nitrogens with zero attached hydrogens (tertiary/aromatic N) is 1. The number of halogens is 1. The molecular weight excluding hydrogens is 230 g/mol. The standard InChI is InChI=1S/C10H8BrNO/c1-2-5-13-10-4-3-8(7-12)6-9(10)11/h2-4,6H,1,5H2. The van der Waals surface area contributed by atoms with Crippen molar-refractivity contribution >= 4 is 15.9 Å². The van der Waals surface area contributed by atoms with Crippen molar-refractivity contribution in [1.29, 1.82) is 5.26 Å². The smallest absolute Gasteiger partial charge is 0.134 e. The highest BCUT2D eigenvalue weighted by atomic mass is 79.9. The van der Waals surface area contributed by atoms with Gasteiger partial charge in [-0.05, 0) is 34.1 Å². The Balaban J connectivity index is 2.86. The zero-order valence-corrected chi connectivity index (χ0v) is 8.54. The minimum Gasteiger partial charge on any atom is -0.488 e. The van der Waals surface area contributed by atoms with Crippen molar-refractivity contribution in [3.63, 3.8) is 0 Å². The van der Waals surface area contributed by atoms with E-state index in [2.05, 4.69) is 22.5 Å². The molecule has 1 aromatic rings. The second-order valence-corrected chi connectivity index (χ2v) is 3.21. The van der Waals surface area contributed by atoms with E-state index in [9.17, 15) is 0 Å². The molecule has 66 valence electrons. The molecule has 1 rings (SSSR count). The van der Waals surface area contributed by atoms with Gasteiger partial charge in [0.2, 0.25) is 0 Å². The summed E-state index contributed by atoms with van der Waals surface area (Å²) < 4.78 is 6.10. The predicted octanol–water partition coefficient (Wildman–Crippen LogP) is 2.89. The monoisotopic (exact) mass is 237 g/mol. The molecule has 0 atom stereocenters. The van der Waals surface area contributed by atoms with Crippen LogP contribution in [0.15, 0.2) is 35.3 Å². The van der Waals surface area contributed by atoms with Crippen LogP contribution in [-0.2, 0) is 0 Å². The summed E-state index contributed by atoms with van der Waals surface area (Å²) in [6, 6.07) is 7.23. The highest BCUT2D eigenvalue weighted by Crippen LogP contribution is 2.25. The van der Waals surface area contributed by atoms with Crippen molar-refractivity contribution in [2.24, 2.45) is 0 Å². The maximum absolute atomic E-state index is 8.60. The van der Waals surface area contributed by atoms with Gasteiger partial charge in [0.05, 0.1) is 16.1 Å². The summed E-state index contributed by atoms with van der Waals surface area (Å²) >= 11 is 3.31. The fourth-order valence-corrected chi connectivity index (χ4v) is 1.33. The van der Waals surface area contributed by atoms with E-state index in [1.54, 1.807) is 24.3 Å². The molecule has 0 aliphatic heterocycles. The van der Waals surface area contributed by atoms with E-state index in [-0.39, 0.29) is 0 Å².